The predicted octanol–water partition coefficient (Wildman–Crippen LogP) is 3.37. The summed E-state index contributed by atoms with van der Waals surface area (Å²) in [7, 11) is 4.04. The zero-order valence-corrected chi connectivity index (χ0v) is 13.7. The van der Waals surface area contributed by atoms with Crippen LogP contribution in [0.3, 0.4) is 0 Å². The molecule has 1 N–H and O–H groups in total. The molecule has 1 rings (SSSR count). The van der Waals surface area contributed by atoms with Crippen LogP contribution in [0.2, 0.25) is 0 Å². The van der Waals surface area contributed by atoms with Crippen molar-refractivity contribution in [2.24, 2.45) is 0 Å². The summed E-state index contributed by atoms with van der Waals surface area (Å²) >= 11 is 1.71. The minimum Gasteiger partial charge on any atom is -0.444 e. The van der Waals surface area contributed by atoms with Gasteiger partial charge < -0.3 is 15.0 Å². The Morgan fingerprint density at radius 3 is 2.35 bits per heavy atom. The molecule has 0 heterocycles. The summed E-state index contributed by atoms with van der Waals surface area (Å²) in [5.41, 5.74) is 0.736. The second-order valence-electron chi connectivity index (χ2n) is 5.67. The number of alkyl carbamates (subject to hydrolysis) is 1. The number of carbonyl (C=O) groups excluding carboxylic acids is 1. The molecular formula is C15H24N2O2S. The average molecular weight is 296 g/mol. The highest BCUT2D eigenvalue weighted by Gasteiger charge is 2.15. The number of benzene rings is 1. The first-order chi connectivity index (χ1) is 9.28. The second kappa shape index (κ2) is 7.43. The molecule has 1 aromatic rings. The Balaban J connectivity index is 2.26. The van der Waals surface area contributed by atoms with E-state index in [1.807, 2.05) is 34.9 Å². The number of hydrogen-bond acceptors (Lipinski definition) is 4. The standard InChI is InChI=1S/C15H24N2O2S/c1-15(2,3)19-14(18)16-10-11-20-13-8-6-12(7-9-13)17(4)5/h6-9H,10-11H2,1-5H3,(H,16,18). The fourth-order valence-corrected chi connectivity index (χ4v) is 2.25. The normalized spacial score (nSPS) is 11.1. The lowest BCUT2D eigenvalue weighted by Gasteiger charge is -2.19. The molecule has 0 radical (unpaired) electrons. The van der Waals surface area contributed by atoms with E-state index in [0.29, 0.717) is 6.54 Å². The smallest absolute Gasteiger partial charge is 0.407 e. The molecule has 0 atom stereocenters. The lowest BCUT2D eigenvalue weighted by molar-refractivity contribution is 0.0531. The molecule has 4 nitrogen and oxygen atoms in total. The van der Waals surface area contributed by atoms with Crippen molar-refractivity contribution in [2.45, 2.75) is 31.3 Å². The number of ether oxygens (including phenoxy) is 1. The number of carbonyl (C=O) groups is 1. The van der Waals surface area contributed by atoms with Crippen molar-refractivity contribution in [3.8, 4) is 0 Å². The SMILES string of the molecule is CN(C)c1ccc(SCCNC(=O)OC(C)(C)C)cc1. The molecular weight excluding hydrogens is 272 g/mol. The number of nitrogens with one attached hydrogen (secondary N) is 1. The van der Waals surface area contributed by atoms with E-state index in [9.17, 15) is 4.79 Å². The molecule has 0 aliphatic carbocycles. The molecule has 0 fully saturated rings. The Kier molecular flexibility index (Phi) is 6.20. The highest BCUT2D eigenvalue weighted by molar-refractivity contribution is 7.99. The van der Waals surface area contributed by atoms with Gasteiger partial charge in [-0.15, -0.1) is 11.8 Å². The van der Waals surface area contributed by atoms with Crippen LogP contribution in [0.4, 0.5) is 10.5 Å². The number of anilines is 1. The Morgan fingerprint density at radius 2 is 1.85 bits per heavy atom. The largest absolute Gasteiger partial charge is 0.444 e. The first kappa shape index (κ1) is 16.7. The van der Waals surface area contributed by atoms with Crippen molar-refractivity contribution >= 4 is 23.5 Å². The first-order valence-corrected chi connectivity index (χ1v) is 7.63. The molecule has 0 aromatic heterocycles. The molecule has 1 amide bonds. The maximum atomic E-state index is 11.4. The van der Waals surface area contributed by atoms with Gasteiger partial charge in [-0.3, -0.25) is 0 Å². The quantitative estimate of drug-likeness (QED) is 0.668. The minimum atomic E-state index is -0.445. The number of rotatable bonds is 5. The molecule has 0 bridgehead atoms. The summed E-state index contributed by atoms with van der Waals surface area (Å²) in [6, 6.07) is 8.36. The molecule has 1 aromatic carbocycles. The Morgan fingerprint density at radius 1 is 1.25 bits per heavy atom. The third kappa shape index (κ3) is 6.70. The monoisotopic (exact) mass is 296 g/mol. The zero-order chi connectivity index (χ0) is 15.2. The van der Waals surface area contributed by atoms with E-state index in [-0.39, 0.29) is 6.09 Å². The lowest BCUT2D eigenvalue weighted by Crippen LogP contribution is -2.33. The van der Waals surface area contributed by atoms with Crippen LogP contribution in [0.15, 0.2) is 29.2 Å². The summed E-state index contributed by atoms with van der Waals surface area (Å²) in [6.07, 6.45) is -0.360. The number of thioether (sulfide) groups is 1. The third-order valence-corrected chi connectivity index (χ3v) is 3.41. The lowest BCUT2D eigenvalue weighted by atomic mass is 10.2. The van der Waals surface area contributed by atoms with E-state index in [0.717, 1.165) is 5.75 Å². The molecule has 0 aliphatic heterocycles. The van der Waals surface area contributed by atoms with E-state index in [1.54, 1.807) is 11.8 Å². The fourth-order valence-electron chi connectivity index (χ4n) is 1.48. The van der Waals surface area contributed by atoms with Crippen LogP contribution in [0.1, 0.15) is 20.8 Å². The number of nitrogens with zero attached hydrogens (tertiary/aromatic N) is 1. The Bertz CT molecular complexity index is 424. The Labute approximate surface area is 125 Å². The maximum Gasteiger partial charge on any atom is 0.407 e. The summed E-state index contributed by atoms with van der Waals surface area (Å²) < 4.78 is 5.17. The summed E-state index contributed by atoms with van der Waals surface area (Å²) in [4.78, 5) is 14.7. The van der Waals surface area contributed by atoms with Crippen molar-refractivity contribution in [1.29, 1.82) is 0 Å². The van der Waals surface area contributed by atoms with Gasteiger partial charge in [-0.2, -0.15) is 0 Å². The van der Waals surface area contributed by atoms with Gasteiger partial charge in [0, 0.05) is 37.0 Å². The van der Waals surface area contributed by atoms with E-state index in [2.05, 4.69) is 34.5 Å². The molecule has 112 valence electrons. The molecule has 5 heteroatoms. The van der Waals surface area contributed by atoms with Gasteiger partial charge in [0.25, 0.3) is 0 Å². The van der Waals surface area contributed by atoms with Gasteiger partial charge in [0.15, 0.2) is 0 Å². The molecule has 20 heavy (non-hydrogen) atoms. The van der Waals surface area contributed by atoms with Gasteiger partial charge in [-0.25, -0.2) is 4.79 Å². The van der Waals surface area contributed by atoms with E-state index in [1.165, 1.54) is 10.6 Å². The van der Waals surface area contributed by atoms with Gasteiger partial charge in [0.2, 0.25) is 0 Å². The maximum absolute atomic E-state index is 11.4. The van der Waals surface area contributed by atoms with Gasteiger partial charge in [-0.05, 0) is 45.0 Å². The van der Waals surface area contributed by atoms with Crippen LogP contribution in [-0.2, 0) is 4.74 Å². The van der Waals surface area contributed by atoms with Crippen molar-refractivity contribution in [2.75, 3.05) is 31.3 Å². The third-order valence-electron chi connectivity index (χ3n) is 2.39. The zero-order valence-electron chi connectivity index (χ0n) is 12.9. The molecule has 0 spiro atoms. The van der Waals surface area contributed by atoms with E-state index < -0.39 is 5.60 Å². The van der Waals surface area contributed by atoms with Gasteiger partial charge in [-0.1, -0.05) is 0 Å². The van der Waals surface area contributed by atoms with Gasteiger partial charge >= 0.3 is 6.09 Å². The Hall–Kier alpha value is -1.36. The van der Waals surface area contributed by atoms with Crippen LogP contribution in [0.5, 0.6) is 0 Å². The summed E-state index contributed by atoms with van der Waals surface area (Å²) in [5.74, 6) is 0.820. The summed E-state index contributed by atoms with van der Waals surface area (Å²) in [6.45, 7) is 6.16. The van der Waals surface area contributed by atoms with Crippen LogP contribution in [0, 0.1) is 0 Å². The van der Waals surface area contributed by atoms with Gasteiger partial charge in [0.1, 0.15) is 5.60 Å². The van der Waals surface area contributed by atoms with Gasteiger partial charge in [0.05, 0.1) is 0 Å². The van der Waals surface area contributed by atoms with Crippen LogP contribution < -0.4 is 10.2 Å². The van der Waals surface area contributed by atoms with Crippen molar-refractivity contribution in [3.05, 3.63) is 24.3 Å². The van der Waals surface area contributed by atoms with Crippen molar-refractivity contribution < 1.29 is 9.53 Å². The number of hydrogen-bond donors (Lipinski definition) is 1. The first-order valence-electron chi connectivity index (χ1n) is 6.65. The number of amides is 1. The minimum absolute atomic E-state index is 0.360. The van der Waals surface area contributed by atoms with E-state index in [4.69, 9.17) is 4.74 Å². The summed E-state index contributed by atoms with van der Waals surface area (Å²) in [5, 5.41) is 2.75. The molecule has 0 saturated carbocycles. The molecule has 0 saturated heterocycles. The highest BCUT2D eigenvalue weighted by atomic mass is 32.2. The second-order valence-corrected chi connectivity index (χ2v) is 6.83. The van der Waals surface area contributed by atoms with Crippen LogP contribution in [0.25, 0.3) is 0 Å². The predicted molar refractivity (Wildman–Crippen MR) is 85.7 cm³/mol. The average Bonchev–Trinajstić information content (AvgIpc) is 2.33. The van der Waals surface area contributed by atoms with Crippen molar-refractivity contribution in [1.82, 2.24) is 5.32 Å². The topological polar surface area (TPSA) is 41.6 Å². The van der Waals surface area contributed by atoms with Crippen LogP contribution in [-0.4, -0.2) is 38.1 Å². The van der Waals surface area contributed by atoms with Crippen molar-refractivity contribution in [3.63, 3.8) is 0 Å². The van der Waals surface area contributed by atoms with Crippen LogP contribution >= 0.6 is 11.8 Å². The molecule has 0 unspecified atom stereocenters. The highest BCUT2D eigenvalue weighted by Crippen LogP contribution is 2.20. The molecule has 0 aliphatic rings. The van der Waals surface area contributed by atoms with E-state index >= 15 is 0 Å². The fraction of sp³-hybridized carbons (Fsp3) is 0.533.